The Morgan fingerprint density at radius 2 is 1.55 bits per heavy atom. The molecule has 0 atom stereocenters. The Kier molecular flexibility index (Phi) is 14.9. The topological polar surface area (TPSA) is 127 Å². The first-order chi connectivity index (χ1) is 28.9. The Bertz CT molecular complexity index is 2130. The van der Waals surface area contributed by atoms with Gasteiger partial charge < -0.3 is 30.1 Å². The zero-order valence-electron chi connectivity index (χ0n) is 34.1. The molecule has 1 aromatic heterocycles. The molecular formula is C45H52F3N7O5. The molecule has 4 aromatic rings. The second-order valence-corrected chi connectivity index (χ2v) is 15.2. The first-order valence-electron chi connectivity index (χ1n) is 20.4. The molecule has 0 radical (unpaired) electrons. The van der Waals surface area contributed by atoms with Crippen molar-refractivity contribution >= 4 is 35.0 Å². The number of rotatable bonds is 15. The average Bonchev–Trinajstić information content (AvgIpc) is 3.27. The van der Waals surface area contributed by atoms with Crippen molar-refractivity contribution in [1.82, 2.24) is 25.0 Å². The Hall–Kier alpha value is -5.80. The van der Waals surface area contributed by atoms with E-state index in [0.29, 0.717) is 73.7 Å². The molecule has 4 amide bonds. The van der Waals surface area contributed by atoms with Crippen molar-refractivity contribution in [3.63, 3.8) is 0 Å². The number of carbonyl (C=O) groups excluding carboxylic acids is 4. The van der Waals surface area contributed by atoms with Gasteiger partial charge in [0, 0.05) is 120 Å². The molecule has 12 nitrogen and oxygen atoms in total. The van der Waals surface area contributed by atoms with Crippen LogP contribution in [0.3, 0.4) is 0 Å². The third-order valence-corrected chi connectivity index (χ3v) is 10.9. The number of piperazine rings is 1. The van der Waals surface area contributed by atoms with Crippen LogP contribution in [-0.4, -0.2) is 116 Å². The maximum Gasteiger partial charge on any atom is 0.416 e. The number of likely N-dealkylation sites (N-methyl/N-ethyl adjacent to an activating group) is 1. The zero-order chi connectivity index (χ0) is 42.6. The summed E-state index contributed by atoms with van der Waals surface area (Å²) in [5.41, 5.74) is 2.76. The highest BCUT2D eigenvalue weighted by atomic mass is 19.4. The normalized spacial score (nSPS) is 14.8. The van der Waals surface area contributed by atoms with Crippen molar-refractivity contribution in [2.75, 3.05) is 83.3 Å². The molecule has 2 saturated heterocycles. The van der Waals surface area contributed by atoms with Crippen molar-refractivity contribution in [3.05, 3.63) is 113 Å². The minimum absolute atomic E-state index is 0.111. The lowest BCUT2D eigenvalue weighted by Crippen LogP contribution is -2.50. The van der Waals surface area contributed by atoms with Crippen molar-refractivity contribution < 1.29 is 37.1 Å². The molecule has 3 aromatic carbocycles. The summed E-state index contributed by atoms with van der Waals surface area (Å²) >= 11 is 0. The molecule has 15 heteroatoms. The minimum atomic E-state index is -4.50. The number of alkyl halides is 3. The molecule has 0 bridgehead atoms. The Morgan fingerprint density at radius 1 is 0.817 bits per heavy atom. The van der Waals surface area contributed by atoms with Crippen LogP contribution in [-0.2, 0) is 22.3 Å². The smallest absolute Gasteiger partial charge is 0.385 e. The number of benzene rings is 3. The number of methoxy groups -OCH3 is 1. The second-order valence-electron chi connectivity index (χ2n) is 15.2. The average molecular weight is 828 g/mol. The number of anilines is 2. The van der Waals surface area contributed by atoms with Gasteiger partial charge in [0.05, 0.1) is 16.9 Å². The minimum Gasteiger partial charge on any atom is -0.385 e. The van der Waals surface area contributed by atoms with E-state index in [9.17, 15) is 32.3 Å². The largest absolute Gasteiger partial charge is 0.416 e. The zero-order valence-corrected chi connectivity index (χ0v) is 34.1. The van der Waals surface area contributed by atoms with Gasteiger partial charge in [-0.2, -0.15) is 13.2 Å². The van der Waals surface area contributed by atoms with E-state index in [1.807, 2.05) is 17.0 Å². The third kappa shape index (κ3) is 11.7. The van der Waals surface area contributed by atoms with Gasteiger partial charge in [-0.05, 0) is 91.9 Å². The van der Waals surface area contributed by atoms with Gasteiger partial charge in [-0.25, -0.2) is 0 Å². The quantitative estimate of drug-likeness (QED) is 0.129. The molecule has 2 aliphatic heterocycles. The summed E-state index contributed by atoms with van der Waals surface area (Å²) in [7, 11) is 3.35. The van der Waals surface area contributed by atoms with Gasteiger partial charge >= 0.3 is 6.18 Å². The lowest BCUT2D eigenvalue weighted by atomic mass is 10.0. The van der Waals surface area contributed by atoms with Gasteiger partial charge in [-0.15, -0.1) is 0 Å². The van der Waals surface area contributed by atoms with E-state index in [1.54, 1.807) is 55.5 Å². The van der Waals surface area contributed by atoms with E-state index in [4.69, 9.17) is 4.74 Å². The van der Waals surface area contributed by atoms with E-state index >= 15 is 0 Å². The number of hydrogen-bond donors (Lipinski definition) is 2. The van der Waals surface area contributed by atoms with Crippen molar-refractivity contribution in [1.29, 1.82) is 0 Å². The number of aromatic nitrogens is 1. The highest BCUT2D eigenvalue weighted by molar-refractivity contribution is 6.08. The number of halogens is 3. The number of pyridine rings is 1. The summed E-state index contributed by atoms with van der Waals surface area (Å²) in [5, 5.41) is 5.70. The predicted octanol–water partition coefficient (Wildman–Crippen LogP) is 6.58. The van der Waals surface area contributed by atoms with Crippen LogP contribution < -0.4 is 15.5 Å². The van der Waals surface area contributed by atoms with Gasteiger partial charge in [0.25, 0.3) is 17.7 Å². The Balaban J connectivity index is 1.12. The molecule has 3 heterocycles. The molecule has 318 valence electrons. The standard InChI is InChI=1S/C45H52F3N7O5/c1-52(20-21-53-22-24-55(25-23-53)41(56)13-8-26-60-2)44(59)35-11-7-10-33(28-35)43(58)51-39-15-14-37(54-18-4-3-5-19-54)30-38(39)40-29-34(16-17-49-40)42(57)50-31-32-9-6-12-36(27-32)45(46,47)48/h6-7,9-12,14-17,27-30H,3-5,8,13,18-26,31H2,1-2H3,(H,50,57)(H,51,58). The monoisotopic (exact) mass is 827 g/mol. The summed E-state index contributed by atoms with van der Waals surface area (Å²) in [5.74, 6) is -1.03. The lowest BCUT2D eigenvalue weighted by Gasteiger charge is -2.35. The van der Waals surface area contributed by atoms with Gasteiger partial charge in [0.15, 0.2) is 0 Å². The third-order valence-electron chi connectivity index (χ3n) is 10.9. The molecule has 0 unspecified atom stereocenters. The summed E-state index contributed by atoms with van der Waals surface area (Å²) in [4.78, 5) is 65.7. The summed E-state index contributed by atoms with van der Waals surface area (Å²) in [6.07, 6.45) is 1.39. The first-order valence-corrected chi connectivity index (χ1v) is 20.4. The maximum atomic E-state index is 13.8. The fourth-order valence-corrected chi connectivity index (χ4v) is 7.41. The second kappa shape index (κ2) is 20.4. The maximum absolute atomic E-state index is 13.8. The molecule has 6 rings (SSSR count). The van der Waals surface area contributed by atoms with E-state index in [-0.39, 0.29) is 29.5 Å². The summed E-state index contributed by atoms with van der Waals surface area (Å²) < 4.78 is 44.8. The molecule has 0 spiro atoms. The number of hydrogen-bond acceptors (Lipinski definition) is 8. The number of nitrogens with zero attached hydrogens (tertiary/aromatic N) is 5. The fraction of sp³-hybridized carbons (Fsp3) is 0.400. The SMILES string of the molecule is COCCCC(=O)N1CCN(CCN(C)C(=O)c2cccc(C(=O)Nc3ccc(N4CCCCC4)cc3-c3cc(C(=O)NCc4cccc(C(F)(F)F)c4)ccn3)c2)CC1. The Labute approximate surface area is 348 Å². The molecule has 0 saturated carbocycles. The van der Waals surface area contributed by atoms with Gasteiger partial charge in [0.2, 0.25) is 5.91 Å². The van der Waals surface area contributed by atoms with Crippen molar-refractivity contribution in [2.45, 2.75) is 44.8 Å². The van der Waals surface area contributed by atoms with Crippen LogP contribution >= 0.6 is 0 Å². The van der Waals surface area contributed by atoms with E-state index in [0.717, 1.165) is 63.3 Å². The molecule has 0 aliphatic carbocycles. The van der Waals surface area contributed by atoms with Gasteiger partial charge in [-0.1, -0.05) is 18.2 Å². The highest BCUT2D eigenvalue weighted by Crippen LogP contribution is 2.34. The van der Waals surface area contributed by atoms with Crippen LogP contribution in [0.2, 0.25) is 0 Å². The number of carbonyl (C=O) groups is 4. The lowest BCUT2D eigenvalue weighted by molar-refractivity contribution is -0.137. The fourth-order valence-electron chi connectivity index (χ4n) is 7.41. The molecule has 2 fully saturated rings. The van der Waals surface area contributed by atoms with Crippen molar-refractivity contribution in [2.24, 2.45) is 0 Å². The van der Waals surface area contributed by atoms with E-state index in [2.05, 4.69) is 25.4 Å². The van der Waals surface area contributed by atoms with Gasteiger partial charge in [0.1, 0.15) is 0 Å². The number of nitrogens with one attached hydrogen (secondary N) is 2. The summed E-state index contributed by atoms with van der Waals surface area (Å²) in [6, 6.07) is 20.1. The predicted molar refractivity (Wildman–Crippen MR) is 224 cm³/mol. The van der Waals surface area contributed by atoms with Crippen LogP contribution in [0.1, 0.15) is 74.3 Å². The molecule has 2 aliphatic rings. The van der Waals surface area contributed by atoms with Crippen LogP contribution in [0.4, 0.5) is 24.5 Å². The van der Waals surface area contributed by atoms with Crippen LogP contribution in [0.25, 0.3) is 11.3 Å². The van der Waals surface area contributed by atoms with Crippen LogP contribution in [0.5, 0.6) is 0 Å². The number of amides is 4. The van der Waals surface area contributed by atoms with Crippen LogP contribution in [0.15, 0.2) is 85.1 Å². The van der Waals surface area contributed by atoms with E-state index < -0.39 is 23.6 Å². The molecule has 2 N–H and O–H groups in total. The number of ether oxygens (including phenoxy) is 1. The summed E-state index contributed by atoms with van der Waals surface area (Å²) in [6.45, 7) is 6.07. The molecular weight excluding hydrogens is 776 g/mol. The Morgan fingerprint density at radius 3 is 2.30 bits per heavy atom. The van der Waals surface area contributed by atoms with Crippen molar-refractivity contribution in [3.8, 4) is 11.3 Å². The highest BCUT2D eigenvalue weighted by Gasteiger charge is 2.30. The molecule has 60 heavy (non-hydrogen) atoms. The number of piperidine rings is 1. The van der Waals surface area contributed by atoms with Gasteiger partial charge in [-0.3, -0.25) is 29.1 Å². The van der Waals surface area contributed by atoms with E-state index in [1.165, 1.54) is 24.4 Å². The van der Waals surface area contributed by atoms with Crippen LogP contribution in [0, 0.1) is 0 Å². The first kappa shape index (κ1) is 43.8.